The van der Waals surface area contributed by atoms with E-state index in [1.807, 2.05) is 0 Å². The van der Waals surface area contributed by atoms with Gasteiger partial charge in [0, 0.05) is 27.2 Å². The summed E-state index contributed by atoms with van der Waals surface area (Å²) >= 11 is 0. The molecule has 1 aliphatic heterocycles. The molecular weight excluding hydrogens is 244 g/mol. The van der Waals surface area contributed by atoms with Crippen molar-refractivity contribution in [3.63, 3.8) is 0 Å². The summed E-state index contributed by atoms with van der Waals surface area (Å²) in [5.41, 5.74) is 0. The molecule has 0 aromatic carbocycles. The number of ether oxygens (including phenoxy) is 1. The van der Waals surface area contributed by atoms with Gasteiger partial charge in [0.15, 0.2) is 0 Å². The summed E-state index contributed by atoms with van der Waals surface area (Å²) in [6.07, 6.45) is 5.12. The second-order valence-corrected chi connectivity index (χ2v) is 5.87. The van der Waals surface area contributed by atoms with E-state index < -0.39 is 0 Å². The number of nitrogens with zero attached hydrogens (tertiary/aromatic N) is 2. The van der Waals surface area contributed by atoms with Gasteiger partial charge in [0.25, 0.3) is 0 Å². The largest absolute Gasteiger partial charge is 0.465 e. The number of hydrogen-bond donors (Lipinski definition) is 0. The van der Waals surface area contributed by atoms with Crippen LogP contribution in [0.25, 0.3) is 0 Å². The minimum atomic E-state index is -0.0659. The first-order valence-corrected chi connectivity index (χ1v) is 7.21. The highest BCUT2D eigenvalue weighted by atomic mass is 16.5. The van der Waals surface area contributed by atoms with E-state index in [1.54, 1.807) is 23.9 Å². The molecule has 5 heteroatoms. The lowest BCUT2D eigenvalue weighted by Crippen LogP contribution is -2.45. The lowest BCUT2D eigenvalue weighted by atomic mass is 9.86. The van der Waals surface area contributed by atoms with Gasteiger partial charge in [-0.1, -0.05) is 6.42 Å². The number of carbonyl (C=O) groups is 2. The van der Waals surface area contributed by atoms with Crippen LogP contribution >= 0.6 is 0 Å². The molecule has 0 radical (unpaired) electrons. The number of amides is 2. The molecule has 0 spiro atoms. The van der Waals surface area contributed by atoms with Crippen LogP contribution in [0.4, 0.5) is 4.79 Å². The second kappa shape index (κ2) is 6.26. The third-order valence-electron chi connectivity index (χ3n) is 4.17. The van der Waals surface area contributed by atoms with Gasteiger partial charge in [-0.15, -0.1) is 0 Å². The normalized spacial score (nSPS) is 20.8. The molecule has 19 heavy (non-hydrogen) atoms. The zero-order valence-corrected chi connectivity index (χ0v) is 11.9. The second-order valence-electron chi connectivity index (χ2n) is 5.87. The van der Waals surface area contributed by atoms with Crippen LogP contribution < -0.4 is 0 Å². The number of urea groups is 1. The van der Waals surface area contributed by atoms with Crippen LogP contribution in [0.1, 0.15) is 32.1 Å². The molecular formula is C14H24N2O3. The van der Waals surface area contributed by atoms with Crippen molar-refractivity contribution in [1.29, 1.82) is 0 Å². The molecule has 2 amide bonds. The first-order chi connectivity index (χ1) is 9.08. The van der Waals surface area contributed by atoms with E-state index in [1.165, 1.54) is 19.3 Å². The first kappa shape index (κ1) is 14.2. The van der Waals surface area contributed by atoms with Gasteiger partial charge < -0.3 is 14.5 Å². The van der Waals surface area contributed by atoms with E-state index in [-0.39, 0.29) is 17.9 Å². The lowest BCUT2D eigenvalue weighted by Gasteiger charge is -2.33. The number of piperidine rings is 1. The molecule has 1 heterocycles. The van der Waals surface area contributed by atoms with Crippen LogP contribution in [0, 0.1) is 11.8 Å². The fourth-order valence-electron chi connectivity index (χ4n) is 2.57. The molecule has 0 N–H and O–H groups in total. The van der Waals surface area contributed by atoms with Crippen molar-refractivity contribution in [1.82, 2.24) is 9.80 Å². The summed E-state index contributed by atoms with van der Waals surface area (Å²) in [6.45, 7) is 1.90. The summed E-state index contributed by atoms with van der Waals surface area (Å²) in [4.78, 5) is 27.1. The summed E-state index contributed by atoms with van der Waals surface area (Å²) < 4.78 is 5.38. The number of hydrogen-bond acceptors (Lipinski definition) is 3. The van der Waals surface area contributed by atoms with Gasteiger partial charge in [-0.05, 0) is 31.6 Å². The van der Waals surface area contributed by atoms with E-state index in [0.29, 0.717) is 25.6 Å². The molecule has 0 bridgehead atoms. The van der Waals surface area contributed by atoms with E-state index >= 15 is 0 Å². The predicted molar refractivity (Wildman–Crippen MR) is 71.7 cm³/mol. The molecule has 108 valence electrons. The Bertz CT molecular complexity index is 332. The van der Waals surface area contributed by atoms with Gasteiger partial charge in [-0.25, -0.2) is 4.79 Å². The van der Waals surface area contributed by atoms with Crippen molar-refractivity contribution < 1.29 is 14.3 Å². The fourth-order valence-corrected chi connectivity index (χ4v) is 2.57. The zero-order chi connectivity index (χ0) is 13.8. The lowest BCUT2D eigenvalue weighted by molar-refractivity contribution is -0.152. The number of esters is 1. The number of carbonyl (C=O) groups excluding carboxylic acids is 2. The summed E-state index contributed by atoms with van der Waals surface area (Å²) in [6, 6.07) is 0.0290. The summed E-state index contributed by atoms with van der Waals surface area (Å²) in [7, 11) is 3.50. The molecule has 1 aliphatic carbocycles. The minimum absolute atomic E-state index is 0.0220. The summed E-state index contributed by atoms with van der Waals surface area (Å²) in [5.74, 6) is 0.509. The van der Waals surface area contributed by atoms with Gasteiger partial charge in [0.05, 0.1) is 12.5 Å². The number of rotatable bonds is 3. The third-order valence-corrected chi connectivity index (χ3v) is 4.17. The maximum atomic E-state index is 11.9. The Morgan fingerprint density at radius 2 is 1.79 bits per heavy atom. The summed E-state index contributed by atoms with van der Waals surface area (Å²) in [5, 5.41) is 0. The van der Waals surface area contributed by atoms with Gasteiger partial charge in [-0.2, -0.15) is 0 Å². The average Bonchev–Trinajstić information content (AvgIpc) is 2.36. The van der Waals surface area contributed by atoms with Crippen LogP contribution in [-0.2, 0) is 9.53 Å². The molecule has 2 fully saturated rings. The van der Waals surface area contributed by atoms with Crippen LogP contribution in [0.5, 0.6) is 0 Å². The topological polar surface area (TPSA) is 49.9 Å². The van der Waals surface area contributed by atoms with Crippen molar-refractivity contribution in [3.05, 3.63) is 0 Å². The monoisotopic (exact) mass is 268 g/mol. The van der Waals surface area contributed by atoms with Crippen molar-refractivity contribution in [2.24, 2.45) is 11.8 Å². The molecule has 5 nitrogen and oxygen atoms in total. The van der Waals surface area contributed by atoms with Gasteiger partial charge >= 0.3 is 12.0 Å². The molecule has 2 rings (SSSR count). The highest BCUT2D eigenvalue weighted by Gasteiger charge is 2.29. The molecule has 0 aromatic rings. The maximum Gasteiger partial charge on any atom is 0.319 e. The van der Waals surface area contributed by atoms with E-state index in [9.17, 15) is 9.59 Å². The standard InChI is InChI=1S/C14H24N2O3/c1-15(2)14(18)16-8-6-12(7-9-16)13(17)19-10-11-4-3-5-11/h11-12H,3-10H2,1-2H3. The van der Waals surface area contributed by atoms with Crippen LogP contribution in [0.3, 0.4) is 0 Å². The Balaban J connectivity index is 1.69. The molecule has 0 atom stereocenters. The van der Waals surface area contributed by atoms with Crippen molar-refractivity contribution >= 4 is 12.0 Å². The Morgan fingerprint density at radius 1 is 1.16 bits per heavy atom. The Hall–Kier alpha value is -1.26. The van der Waals surface area contributed by atoms with Crippen LogP contribution in [0.15, 0.2) is 0 Å². The average molecular weight is 268 g/mol. The molecule has 0 unspecified atom stereocenters. The smallest absolute Gasteiger partial charge is 0.319 e. The number of likely N-dealkylation sites (tertiary alicyclic amines) is 1. The van der Waals surface area contributed by atoms with E-state index in [4.69, 9.17) is 4.74 Å². The minimum Gasteiger partial charge on any atom is -0.465 e. The Labute approximate surface area is 114 Å². The molecule has 1 saturated carbocycles. The maximum absolute atomic E-state index is 11.9. The Kier molecular flexibility index (Phi) is 4.66. The van der Waals surface area contributed by atoms with Crippen molar-refractivity contribution in [2.45, 2.75) is 32.1 Å². The Morgan fingerprint density at radius 3 is 2.26 bits per heavy atom. The fraction of sp³-hybridized carbons (Fsp3) is 0.857. The first-order valence-electron chi connectivity index (χ1n) is 7.21. The van der Waals surface area contributed by atoms with E-state index in [2.05, 4.69) is 0 Å². The van der Waals surface area contributed by atoms with E-state index in [0.717, 1.165) is 12.8 Å². The van der Waals surface area contributed by atoms with Crippen LogP contribution in [0.2, 0.25) is 0 Å². The van der Waals surface area contributed by atoms with Gasteiger partial charge in [0.1, 0.15) is 0 Å². The van der Waals surface area contributed by atoms with Gasteiger partial charge in [0.2, 0.25) is 0 Å². The van der Waals surface area contributed by atoms with Crippen molar-refractivity contribution in [3.8, 4) is 0 Å². The highest BCUT2D eigenvalue weighted by molar-refractivity contribution is 5.75. The van der Waals surface area contributed by atoms with Crippen LogP contribution in [-0.4, -0.2) is 55.6 Å². The SMILES string of the molecule is CN(C)C(=O)N1CCC(C(=O)OCC2CCC2)CC1. The zero-order valence-electron chi connectivity index (χ0n) is 11.9. The molecule has 2 aliphatic rings. The quantitative estimate of drug-likeness (QED) is 0.732. The predicted octanol–water partition coefficient (Wildman–Crippen LogP) is 1.72. The molecule has 0 aromatic heterocycles. The third kappa shape index (κ3) is 3.61. The highest BCUT2D eigenvalue weighted by Crippen LogP contribution is 2.27. The molecule has 1 saturated heterocycles. The van der Waals surface area contributed by atoms with Gasteiger partial charge in [-0.3, -0.25) is 4.79 Å². The van der Waals surface area contributed by atoms with Crippen molar-refractivity contribution in [2.75, 3.05) is 33.8 Å².